The third-order valence-electron chi connectivity index (χ3n) is 2.81. The molecular formula is C11H15NO3S2. The minimum Gasteiger partial charge on any atom is -0.300 e. The molecule has 1 unspecified atom stereocenters. The molecule has 1 atom stereocenters. The highest BCUT2D eigenvalue weighted by molar-refractivity contribution is 7.91. The van der Waals surface area contributed by atoms with Crippen molar-refractivity contribution in [3.63, 3.8) is 0 Å². The number of carbonyl (C=O) groups excluding carboxylic acids is 1. The van der Waals surface area contributed by atoms with Crippen LogP contribution in [0.1, 0.15) is 23.2 Å². The van der Waals surface area contributed by atoms with Crippen molar-refractivity contribution >= 4 is 27.0 Å². The van der Waals surface area contributed by atoms with Gasteiger partial charge in [0.25, 0.3) is 0 Å². The van der Waals surface area contributed by atoms with Gasteiger partial charge in [-0.25, -0.2) is 13.4 Å². The van der Waals surface area contributed by atoms with Crippen LogP contribution >= 0.6 is 11.3 Å². The van der Waals surface area contributed by atoms with Gasteiger partial charge >= 0.3 is 0 Å². The number of hydrogen-bond donors (Lipinski definition) is 0. The van der Waals surface area contributed by atoms with Crippen molar-refractivity contribution in [2.24, 2.45) is 5.92 Å². The Morgan fingerprint density at radius 2 is 2.35 bits per heavy atom. The molecule has 1 aromatic heterocycles. The molecule has 1 saturated heterocycles. The number of ketones is 1. The Morgan fingerprint density at radius 3 is 2.94 bits per heavy atom. The molecule has 0 aliphatic carbocycles. The molecule has 0 bridgehead atoms. The monoisotopic (exact) mass is 273 g/mol. The van der Waals surface area contributed by atoms with Crippen molar-refractivity contribution in [1.29, 1.82) is 0 Å². The number of nitrogens with zero attached hydrogens (tertiary/aromatic N) is 1. The standard InChI is InChI=1S/C11H15NO3S2/c1-8(13)4-10-6-12-11(16-10)5-9-2-3-17(14,15)7-9/h6,9H,2-5,7H2,1H3. The maximum atomic E-state index is 11.3. The molecule has 0 aromatic carbocycles. The van der Waals surface area contributed by atoms with Crippen LogP contribution in [0.5, 0.6) is 0 Å². The third kappa shape index (κ3) is 3.61. The first-order chi connectivity index (χ1) is 7.94. The van der Waals surface area contributed by atoms with Crippen LogP contribution in [0.15, 0.2) is 6.20 Å². The Morgan fingerprint density at radius 1 is 1.59 bits per heavy atom. The van der Waals surface area contributed by atoms with Gasteiger partial charge in [0.15, 0.2) is 9.84 Å². The van der Waals surface area contributed by atoms with E-state index in [4.69, 9.17) is 0 Å². The Kier molecular flexibility index (Phi) is 3.63. The van der Waals surface area contributed by atoms with Gasteiger partial charge in [-0.05, 0) is 19.3 Å². The van der Waals surface area contributed by atoms with E-state index in [0.29, 0.717) is 12.2 Å². The summed E-state index contributed by atoms with van der Waals surface area (Å²) in [5.41, 5.74) is 0. The summed E-state index contributed by atoms with van der Waals surface area (Å²) in [6.45, 7) is 1.56. The van der Waals surface area contributed by atoms with Gasteiger partial charge in [0.1, 0.15) is 5.78 Å². The third-order valence-corrected chi connectivity index (χ3v) is 5.67. The van der Waals surface area contributed by atoms with E-state index in [-0.39, 0.29) is 17.5 Å². The molecule has 0 saturated carbocycles. The lowest BCUT2D eigenvalue weighted by Gasteiger charge is -2.02. The van der Waals surface area contributed by atoms with Gasteiger partial charge in [-0.3, -0.25) is 4.79 Å². The lowest BCUT2D eigenvalue weighted by molar-refractivity contribution is -0.116. The van der Waals surface area contributed by atoms with Crippen molar-refractivity contribution in [3.8, 4) is 0 Å². The summed E-state index contributed by atoms with van der Waals surface area (Å²) in [4.78, 5) is 16.2. The van der Waals surface area contributed by atoms with Crippen LogP contribution < -0.4 is 0 Å². The van der Waals surface area contributed by atoms with Crippen molar-refractivity contribution in [2.45, 2.75) is 26.2 Å². The van der Waals surface area contributed by atoms with Crippen LogP contribution in [0.4, 0.5) is 0 Å². The molecule has 2 heterocycles. The van der Waals surface area contributed by atoms with Crippen LogP contribution in [-0.2, 0) is 27.5 Å². The highest BCUT2D eigenvalue weighted by atomic mass is 32.2. The molecular weight excluding hydrogens is 258 g/mol. The summed E-state index contributed by atoms with van der Waals surface area (Å²) in [5, 5.41) is 0.948. The van der Waals surface area contributed by atoms with E-state index in [0.717, 1.165) is 22.7 Å². The minimum atomic E-state index is -2.81. The molecule has 4 nitrogen and oxygen atoms in total. The second kappa shape index (κ2) is 4.86. The lowest BCUT2D eigenvalue weighted by atomic mass is 10.1. The molecule has 1 aliphatic heterocycles. The van der Waals surface area contributed by atoms with Gasteiger partial charge in [-0.15, -0.1) is 11.3 Å². The van der Waals surface area contributed by atoms with Crippen LogP contribution in [0.2, 0.25) is 0 Å². The first kappa shape index (κ1) is 12.7. The molecule has 0 N–H and O–H groups in total. The van der Waals surface area contributed by atoms with E-state index < -0.39 is 9.84 Å². The molecule has 1 fully saturated rings. The van der Waals surface area contributed by atoms with Crippen LogP contribution in [0.3, 0.4) is 0 Å². The predicted molar refractivity (Wildman–Crippen MR) is 67.0 cm³/mol. The van der Waals surface area contributed by atoms with Crippen LogP contribution in [0, 0.1) is 5.92 Å². The molecule has 0 radical (unpaired) electrons. The number of hydrogen-bond acceptors (Lipinski definition) is 5. The molecule has 2 rings (SSSR count). The number of rotatable bonds is 4. The second-order valence-corrected chi connectivity index (χ2v) is 8.00. The summed E-state index contributed by atoms with van der Waals surface area (Å²) in [5.74, 6) is 0.929. The summed E-state index contributed by atoms with van der Waals surface area (Å²) in [6.07, 6.45) is 3.62. The Hall–Kier alpha value is -0.750. The molecule has 1 aliphatic rings. The molecule has 0 spiro atoms. The number of carbonyl (C=O) groups is 1. The Bertz CT molecular complexity index is 519. The average molecular weight is 273 g/mol. The van der Waals surface area contributed by atoms with Gasteiger partial charge in [-0.1, -0.05) is 0 Å². The molecule has 17 heavy (non-hydrogen) atoms. The fourth-order valence-electron chi connectivity index (χ4n) is 2.05. The van der Waals surface area contributed by atoms with Gasteiger partial charge < -0.3 is 0 Å². The predicted octanol–water partition coefficient (Wildman–Crippen LogP) is 1.25. The largest absolute Gasteiger partial charge is 0.300 e. The van der Waals surface area contributed by atoms with Crippen molar-refractivity contribution < 1.29 is 13.2 Å². The minimum absolute atomic E-state index is 0.128. The lowest BCUT2D eigenvalue weighted by Crippen LogP contribution is -2.07. The number of Topliss-reactive ketones (excluding diaryl/α,β-unsaturated/α-hetero) is 1. The van der Waals surface area contributed by atoms with E-state index in [1.165, 1.54) is 11.3 Å². The number of aromatic nitrogens is 1. The Balaban J connectivity index is 1.96. The molecule has 0 amide bonds. The topological polar surface area (TPSA) is 64.1 Å². The maximum Gasteiger partial charge on any atom is 0.150 e. The quantitative estimate of drug-likeness (QED) is 0.828. The van der Waals surface area contributed by atoms with E-state index >= 15 is 0 Å². The smallest absolute Gasteiger partial charge is 0.150 e. The summed E-state index contributed by atoms with van der Waals surface area (Å²) in [7, 11) is -2.81. The highest BCUT2D eigenvalue weighted by Gasteiger charge is 2.28. The average Bonchev–Trinajstić information content (AvgIpc) is 2.73. The normalized spacial score (nSPS) is 22.8. The van der Waals surface area contributed by atoms with Crippen molar-refractivity contribution in [1.82, 2.24) is 4.98 Å². The van der Waals surface area contributed by atoms with Gasteiger partial charge in [0.2, 0.25) is 0 Å². The zero-order valence-electron chi connectivity index (χ0n) is 9.68. The number of thiazole rings is 1. The molecule has 6 heteroatoms. The first-order valence-corrected chi connectivity index (χ1v) is 8.22. The fraction of sp³-hybridized carbons (Fsp3) is 0.636. The first-order valence-electron chi connectivity index (χ1n) is 5.58. The van der Waals surface area contributed by atoms with E-state index in [1.54, 1.807) is 13.1 Å². The summed E-state index contributed by atoms with van der Waals surface area (Å²) >= 11 is 1.52. The molecule has 1 aromatic rings. The zero-order chi connectivity index (χ0) is 12.5. The van der Waals surface area contributed by atoms with E-state index in [2.05, 4.69) is 4.98 Å². The zero-order valence-corrected chi connectivity index (χ0v) is 11.3. The van der Waals surface area contributed by atoms with E-state index in [1.807, 2.05) is 0 Å². The Labute approximate surface area is 105 Å². The maximum absolute atomic E-state index is 11.3. The van der Waals surface area contributed by atoms with Crippen LogP contribution in [-0.4, -0.2) is 30.7 Å². The number of sulfone groups is 1. The molecule has 94 valence electrons. The van der Waals surface area contributed by atoms with Gasteiger partial charge in [0.05, 0.1) is 16.5 Å². The van der Waals surface area contributed by atoms with E-state index in [9.17, 15) is 13.2 Å². The van der Waals surface area contributed by atoms with Crippen molar-refractivity contribution in [3.05, 3.63) is 16.1 Å². The summed E-state index contributed by atoms with van der Waals surface area (Å²) < 4.78 is 22.6. The van der Waals surface area contributed by atoms with Gasteiger partial charge in [0, 0.05) is 23.9 Å². The van der Waals surface area contributed by atoms with Gasteiger partial charge in [-0.2, -0.15) is 0 Å². The van der Waals surface area contributed by atoms with Crippen molar-refractivity contribution in [2.75, 3.05) is 11.5 Å². The van der Waals surface area contributed by atoms with Crippen LogP contribution in [0.25, 0.3) is 0 Å². The fourth-order valence-corrected chi connectivity index (χ4v) is 5.02. The SMILES string of the molecule is CC(=O)Cc1cnc(CC2CCS(=O)(=O)C2)s1. The second-order valence-electron chi connectivity index (χ2n) is 4.57. The highest BCUT2D eigenvalue weighted by Crippen LogP contribution is 2.25. The summed E-state index contributed by atoms with van der Waals surface area (Å²) in [6, 6.07) is 0.